The number of amides is 3. The van der Waals surface area contributed by atoms with Gasteiger partial charge in [0.2, 0.25) is 11.8 Å². The van der Waals surface area contributed by atoms with Crippen molar-refractivity contribution in [2.24, 2.45) is 5.73 Å². The second kappa shape index (κ2) is 9.82. The van der Waals surface area contributed by atoms with Crippen LogP contribution in [0.25, 0.3) is 11.3 Å². The summed E-state index contributed by atoms with van der Waals surface area (Å²) in [5.74, 6) is -0.856. The third kappa shape index (κ3) is 5.07. The normalized spacial score (nSPS) is 13.8. The summed E-state index contributed by atoms with van der Waals surface area (Å²) in [6.45, 7) is 0.312. The van der Waals surface area contributed by atoms with E-state index in [1.807, 2.05) is 73.6 Å². The van der Waals surface area contributed by atoms with Crippen LogP contribution >= 0.6 is 0 Å². The number of fused-ring (bicyclic) bond motifs is 1. The molecule has 0 spiro atoms. The molecule has 35 heavy (non-hydrogen) atoms. The van der Waals surface area contributed by atoms with Gasteiger partial charge >= 0.3 is 0 Å². The summed E-state index contributed by atoms with van der Waals surface area (Å²) in [6.07, 6.45) is 0. The number of hydrogen-bond donors (Lipinski definition) is 3. The Hall–Kier alpha value is -4.43. The second-order valence-corrected chi connectivity index (χ2v) is 8.56. The summed E-state index contributed by atoms with van der Waals surface area (Å²) >= 11 is 0. The molecule has 178 valence electrons. The van der Waals surface area contributed by atoms with Crippen LogP contribution in [0.15, 0.2) is 72.8 Å². The first-order chi connectivity index (χ1) is 16.7. The average Bonchev–Trinajstić information content (AvgIpc) is 3.17. The monoisotopic (exact) mass is 469 g/mol. The molecule has 0 saturated heterocycles. The Kier molecular flexibility index (Phi) is 6.66. The fourth-order valence-electron chi connectivity index (χ4n) is 3.89. The van der Waals surface area contributed by atoms with Crippen molar-refractivity contribution in [3.8, 4) is 0 Å². The van der Waals surface area contributed by atoms with Crippen molar-refractivity contribution in [1.29, 1.82) is 0 Å². The summed E-state index contributed by atoms with van der Waals surface area (Å²) in [6, 6.07) is 21.9. The number of nitrogens with zero attached hydrogens (tertiary/aromatic N) is 2. The van der Waals surface area contributed by atoms with Gasteiger partial charge in [-0.05, 0) is 56.1 Å². The zero-order chi connectivity index (χ0) is 25.1. The second-order valence-electron chi connectivity index (χ2n) is 8.56. The van der Waals surface area contributed by atoms with Gasteiger partial charge in [-0.3, -0.25) is 14.4 Å². The predicted molar refractivity (Wildman–Crippen MR) is 139 cm³/mol. The van der Waals surface area contributed by atoms with Gasteiger partial charge in [0.15, 0.2) is 0 Å². The van der Waals surface area contributed by atoms with Crippen molar-refractivity contribution >= 4 is 46.1 Å². The molecule has 0 saturated carbocycles. The maximum Gasteiger partial charge on any atom is 0.258 e. The van der Waals surface area contributed by atoms with E-state index in [1.54, 1.807) is 30.1 Å². The van der Waals surface area contributed by atoms with Crippen molar-refractivity contribution in [1.82, 2.24) is 4.90 Å². The van der Waals surface area contributed by atoms with E-state index in [0.717, 1.165) is 16.9 Å². The molecule has 0 fully saturated rings. The molecule has 8 heteroatoms. The fourth-order valence-corrected chi connectivity index (χ4v) is 3.89. The first-order valence-electron chi connectivity index (χ1n) is 11.1. The highest BCUT2D eigenvalue weighted by Crippen LogP contribution is 2.38. The maximum atomic E-state index is 13.1. The zero-order valence-corrected chi connectivity index (χ0v) is 19.8. The van der Waals surface area contributed by atoms with Crippen LogP contribution in [0.2, 0.25) is 0 Å². The first kappa shape index (κ1) is 23.7. The molecular formula is C27H27N5O3. The quantitative estimate of drug-likeness (QED) is 0.461. The van der Waals surface area contributed by atoms with Crippen molar-refractivity contribution in [2.45, 2.75) is 0 Å². The van der Waals surface area contributed by atoms with E-state index in [1.165, 1.54) is 0 Å². The van der Waals surface area contributed by atoms with E-state index < -0.39 is 5.91 Å². The molecule has 0 bridgehead atoms. The maximum absolute atomic E-state index is 13.1. The molecule has 1 heterocycles. The van der Waals surface area contributed by atoms with E-state index in [0.29, 0.717) is 34.6 Å². The minimum absolute atomic E-state index is 0.0163. The van der Waals surface area contributed by atoms with Gasteiger partial charge in [0.1, 0.15) is 0 Å². The average molecular weight is 470 g/mol. The fraction of sp³-hybridized carbons (Fsp3) is 0.148. The zero-order valence-electron chi connectivity index (χ0n) is 19.8. The van der Waals surface area contributed by atoms with Crippen LogP contribution in [0.3, 0.4) is 0 Å². The van der Waals surface area contributed by atoms with Crippen LogP contribution in [-0.2, 0) is 9.59 Å². The van der Waals surface area contributed by atoms with E-state index in [2.05, 4.69) is 10.6 Å². The molecule has 3 aromatic carbocycles. The SMILES string of the molecule is CN(C)CC(=O)N(C)c1ccc(NC(=C2C(=O)Nc3cc(C(N)=O)ccc32)c2ccccc2)cc1. The van der Waals surface area contributed by atoms with Gasteiger partial charge in [0.05, 0.1) is 17.8 Å². The van der Waals surface area contributed by atoms with Crippen molar-refractivity contribution in [3.05, 3.63) is 89.5 Å². The Bertz CT molecular complexity index is 1310. The summed E-state index contributed by atoms with van der Waals surface area (Å²) in [4.78, 5) is 40.5. The Morgan fingerprint density at radius 2 is 1.60 bits per heavy atom. The van der Waals surface area contributed by atoms with Crippen LogP contribution < -0.4 is 21.3 Å². The van der Waals surface area contributed by atoms with Gasteiger partial charge in [0, 0.05) is 35.2 Å². The predicted octanol–water partition coefficient (Wildman–Crippen LogP) is 3.24. The Morgan fingerprint density at radius 3 is 2.23 bits per heavy atom. The van der Waals surface area contributed by atoms with Gasteiger partial charge in [-0.15, -0.1) is 0 Å². The number of carbonyl (C=O) groups excluding carboxylic acids is 3. The van der Waals surface area contributed by atoms with E-state index in [9.17, 15) is 14.4 Å². The molecule has 8 nitrogen and oxygen atoms in total. The highest BCUT2D eigenvalue weighted by atomic mass is 16.2. The molecule has 4 rings (SSSR count). The van der Waals surface area contributed by atoms with E-state index >= 15 is 0 Å². The largest absolute Gasteiger partial charge is 0.366 e. The molecule has 0 radical (unpaired) electrons. The van der Waals surface area contributed by atoms with Crippen LogP contribution in [0.4, 0.5) is 17.1 Å². The van der Waals surface area contributed by atoms with Crippen LogP contribution in [0.5, 0.6) is 0 Å². The molecular weight excluding hydrogens is 442 g/mol. The molecule has 0 aromatic heterocycles. The van der Waals surface area contributed by atoms with Gasteiger partial charge in [-0.1, -0.05) is 36.4 Å². The lowest BCUT2D eigenvalue weighted by atomic mass is 9.99. The lowest BCUT2D eigenvalue weighted by molar-refractivity contribution is -0.119. The molecule has 3 amide bonds. The molecule has 1 aliphatic rings. The molecule has 3 aromatic rings. The number of likely N-dealkylation sites (N-methyl/N-ethyl adjacent to an activating group) is 2. The van der Waals surface area contributed by atoms with Crippen molar-refractivity contribution in [2.75, 3.05) is 43.2 Å². The molecule has 1 aliphatic heterocycles. The van der Waals surface area contributed by atoms with Crippen molar-refractivity contribution in [3.63, 3.8) is 0 Å². The number of primary amides is 1. The number of anilines is 3. The lowest BCUT2D eigenvalue weighted by Gasteiger charge is -2.20. The molecule has 0 aliphatic carbocycles. The Labute approximate surface area is 204 Å². The first-order valence-corrected chi connectivity index (χ1v) is 11.1. The molecule has 0 atom stereocenters. The minimum Gasteiger partial charge on any atom is -0.366 e. The number of nitrogens with one attached hydrogen (secondary N) is 2. The number of benzene rings is 3. The third-order valence-electron chi connectivity index (χ3n) is 5.71. The Morgan fingerprint density at radius 1 is 0.914 bits per heavy atom. The topological polar surface area (TPSA) is 108 Å². The number of carbonyl (C=O) groups is 3. The van der Waals surface area contributed by atoms with Gasteiger partial charge in [-0.2, -0.15) is 0 Å². The summed E-state index contributed by atoms with van der Waals surface area (Å²) in [5, 5.41) is 6.23. The summed E-state index contributed by atoms with van der Waals surface area (Å²) in [5.41, 5.74) is 10.4. The van der Waals surface area contributed by atoms with E-state index in [-0.39, 0.29) is 11.8 Å². The highest BCUT2D eigenvalue weighted by molar-refractivity contribution is 6.37. The van der Waals surface area contributed by atoms with Crippen LogP contribution in [0.1, 0.15) is 21.5 Å². The van der Waals surface area contributed by atoms with Crippen LogP contribution in [-0.4, -0.2) is 50.3 Å². The summed E-state index contributed by atoms with van der Waals surface area (Å²) < 4.78 is 0. The standard InChI is InChI=1S/C27H27N5O3/c1-31(2)16-23(33)32(3)20-12-10-19(11-13-20)29-25(17-7-5-4-6-8-17)24-21-14-9-18(26(28)34)15-22(21)30-27(24)35/h4-15,29H,16H2,1-3H3,(H2,28,34)(H,30,35). The third-order valence-corrected chi connectivity index (χ3v) is 5.71. The van der Waals surface area contributed by atoms with E-state index in [4.69, 9.17) is 5.73 Å². The van der Waals surface area contributed by atoms with Gasteiger partial charge in [0.25, 0.3) is 5.91 Å². The minimum atomic E-state index is -0.560. The van der Waals surface area contributed by atoms with Crippen molar-refractivity contribution < 1.29 is 14.4 Å². The smallest absolute Gasteiger partial charge is 0.258 e. The Balaban J connectivity index is 1.71. The van der Waals surface area contributed by atoms with Gasteiger partial charge in [-0.25, -0.2) is 0 Å². The highest BCUT2D eigenvalue weighted by Gasteiger charge is 2.29. The number of nitrogens with two attached hydrogens (primary N) is 1. The summed E-state index contributed by atoms with van der Waals surface area (Å²) in [7, 11) is 5.44. The van der Waals surface area contributed by atoms with Crippen LogP contribution in [0, 0.1) is 0 Å². The lowest BCUT2D eigenvalue weighted by Crippen LogP contribution is -2.34. The number of rotatable bonds is 7. The van der Waals surface area contributed by atoms with Gasteiger partial charge < -0.3 is 26.2 Å². The molecule has 4 N–H and O–H groups in total. The number of hydrogen-bond acceptors (Lipinski definition) is 5. The molecule has 0 unspecified atom stereocenters.